The average molecular weight is 269 g/mol. The Bertz CT molecular complexity index is 241. The predicted molar refractivity (Wildman–Crippen MR) is 83.3 cm³/mol. The fourth-order valence-electron chi connectivity index (χ4n) is 3.87. The van der Waals surface area contributed by atoms with E-state index in [2.05, 4.69) is 37.2 Å². The van der Waals surface area contributed by atoms with Crippen LogP contribution >= 0.6 is 11.8 Å². The van der Waals surface area contributed by atoms with Crippen molar-refractivity contribution >= 4 is 11.8 Å². The van der Waals surface area contributed by atoms with Gasteiger partial charge in [0.25, 0.3) is 0 Å². The SMILES string of the molecule is CSC1CCCC1NC1CCCC(C(C)C)CC1. The maximum absolute atomic E-state index is 4.00. The lowest BCUT2D eigenvalue weighted by atomic mass is 9.89. The van der Waals surface area contributed by atoms with Crippen molar-refractivity contribution in [3.8, 4) is 0 Å². The lowest BCUT2D eigenvalue weighted by Crippen LogP contribution is -2.41. The van der Waals surface area contributed by atoms with Crippen LogP contribution < -0.4 is 5.32 Å². The molecule has 0 saturated heterocycles. The summed E-state index contributed by atoms with van der Waals surface area (Å²) in [5.74, 6) is 1.87. The second-order valence-electron chi connectivity index (χ2n) is 6.69. The summed E-state index contributed by atoms with van der Waals surface area (Å²) in [5, 5.41) is 4.88. The van der Waals surface area contributed by atoms with Crippen LogP contribution in [0.5, 0.6) is 0 Å². The summed E-state index contributed by atoms with van der Waals surface area (Å²) in [6.45, 7) is 4.80. The Kier molecular flexibility index (Phi) is 5.88. The molecule has 2 heteroatoms. The van der Waals surface area contributed by atoms with Gasteiger partial charge in [-0.15, -0.1) is 0 Å². The van der Waals surface area contributed by atoms with Crippen LogP contribution in [0, 0.1) is 11.8 Å². The second-order valence-corrected chi connectivity index (χ2v) is 7.76. The number of hydrogen-bond acceptors (Lipinski definition) is 2. The molecule has 0 aromatic rings. The fraction of sp³-hybridized carbons (Fsp3) is 1.00. The van der Waals surface area contributed by atoms with Gasteiger partial charge in [0.1, 0.15) is 0 Å². The zero-order valence-electron chi connectivity index (χ0n) is 12.5. The summed E-state index contributed by atoms with van der Waals surface area (Å²) >= 11 is 2.08. The summed E-state index contributed by atoms with van der Waals surface area (Å²) in [5.41, 5.74) is 0. The van der Waals surface area contributed by atoms with Crippen LogP contribution in [-0.2, 0) is 0 Å². The molecule has 0 amide bonds. The average Bonchev–Trinajstić information content (AvgIpc) is 2.65. The summed E-state index contributed by atoms with van der Waals surface area (Å²) < 4.78 is 0. The third-order valence-corrected chi connectivity index (χ3v) is 6.33. The molecule has 0 radical (unpaired) electrons. The Balaban J connectivity index is 1.79. The Morgan fingerprint density at radius 3 is 2.44 bits per heavy atom. The molecule has 4 unspecified atom stereocenters. The zero-order valence-corrected chi connectivity index (χ0v) is 13.3. The largest absolute Gasteiger partial charge is 0.310 e. The normalized spacial score (nSPS) is 38.0. The third kappa shape index (κ3) is 3.90. The van der Waals surface area contributed by atoms with Crippen LogP contribution in [0.3, 0.4) is 0 Å². The van der Waals surface area contributed by atoms with E-state index in [-0.39, 0.29) is 0 Å². The van der Waals surface area contributed by atoms with Crippen molar-refractivity contribution in [2.75, 3.05) is 6.26 Å². The molecule has 106 valence electrons. The van der Waals surface area contributed by atoms with Crippen molar-refractivity contribution in [1.29, 1.82) is 0 Å². The highest BCUT2D eigenvalue weighted by molar-refractivity contribution is 7.99. The highest BCUT2D eigenvalue weighted by atomic mass is 32.2. The second kappa shape index (κ2) is 7.19. The van der Waals surface area contributed by atoms with E-state index in [1.807, 2.05) is 0 Å². The highest BCUT2D eigenvalue weighted by Gasteiger charge is 2.29. The van der Waals surface area contributed by atoms with Gasteiger partial charge in [0.15, 0.2) is 0 Å². The molecule has 1 nitrogen and oxygen atoms in total. The summed E-state index contributed by atoms with van der Waals surface area (Å²) in [6.07, 6.45) is 13.8. The molecule has 2 fully saturated rings. The van der Waals surface area contributed by atoms with Gasteiger partial charge in [-0.05, 0) is 50.2 Å². The Hall–Kier alpha value is 0.310. The zero-order chi connectivity index (χ0) is 13.0. The lowest BCUT2D eigenvalue weighted by molar-refractivity contribution is 0.334. The molecule has 0 aliphatic heterocycles. The monoisotopic (exact) mass is 269 g/mol. The Morgan fingerprint density at radius 1 is 0.944 bits per heavy atom. The maximum Gasteiger partial charge on any atom is 0.0198 e. The van der Waals surface area contributed by atoms with Gasteiger partial charge >= 0.3 is 0 Å². The molecular weight excluding hydrogens is 238 g/mol. The van der Waals surface area contributed by atoms with E-state index in [0.29, 0.717) is 0 Å². The molecule has 0 aromatic carbocycles. The van der Waals surface area contributed by atoms with Crippen molar-refractivity contribution in [3.05, 3.63) is 0 Å². The summed E-state index contributed by atoms with van der Waals surface area (Å²) in [4.78, 5) is 0. The molecule has 2 saturated carbocycles. The topological polar surface area (TPSA) is 12.0 Å². The summed E-state index contributed by atoms with van der Waals surface area (Å²) in [7, 11) is 0. The van der Waals surface area contributed by atoms with E-state index in [9.17, 15) is 0 Å². The van der Waals surface area contributed by atoms with E-state index in [4.69, 9.17) is 0 Å². The third-order valence-electron chi connectivity index (χ3n) is 5.16. The number of nitrogens with one attached hydrogen (secondary N) is 1. The van der Waals surface area contributed by atoms with Crippen molar-refractivity contribution in [2.24, 2.45) is 11.8 Å². The number of hydrogen-bond donors (Lipinski definition) is 1. The minimum atomic E-state index is 0.806. The minimum absolute atomic E-state index is 0.806. The molecule has 0 aromatic heterocycles. The quantitative estimate of drug-likeness (QED) is 0.756. The van der Waals surface area contributed by atoms with Crippen molar-refractivity contribution in [3.63, 3.8) is 0 Å². The van der Waals surface area contributed by atoms with Gasteiger partial charge in [-0.25, -0.2) is 0 Å². The highest BCUT2D eigenvalue weighted by Crippen LogP contribution is 2.32. The molecule has 1 N–H and O–H groups in total. The molecular formula is C16H31NS. The first-order chi connectivity index (χ1) is 8.70. The Morgan fingerprint density at radius 2 is 1.72 bits per heavy atom. The number of thioether (sulfide) groups is 1. The van der Waals surface area contributed by atoms with Gasteiger partial charge in [0, 0.05) is 17.3 Å². The van der Waals surface area contributed by atoms with Crippen LogP contribution in [0.25, 0.3) is 0 Å². The van der Waals surface area contributed by atoms with Crippen molar-refractivity contribution in [2.45, 2.75) is 82.5 Å². The lowest BCUT2D eigenvalue weighted by Gasteiger charge is -2.26. The maximum atomic E-state index is 4.00. The van der Waals surface area contributed by atoms with Gasteiger partial charge in [-0.2, -0.15) is 11.8 Å². The first-order valence-corrected chi connectivity index (χ1v) is 9.28. The minimum Gasteiger partial charge on any atom is -0.310 e. The van der Waals surface area contributed by atoms with Crippen LogP contribution in [0.4, 0.5) is 0 Å². The smallest absolute Gasteiger partial charge is 0.0198 e. The van der Waals surface area contributed by atoms with Crippen LogP contribution in [0.2, 0.25) is 0 Å². The molecule has 2 aliphatic carbocycles. The van der Waals surface area contributed by atoms with Gasteiger partial charge < -0.3 is 5.32 Å². The first kappa shape index (κ1) is 14.7. The van der Waals surface area contributed by atoms with Crippen LogP contribution in [0.1, 0.15) is 65.2 Å². The molecule has 0 heterocycles. The molecule has 2 rings (SSSR count). The van der Waals surface area contributed by atoms with Gasteiger partial charge in [-0.1, -0.05) is 33.1 Å². The van der Waals surface area contributed by atoms with Crippen molar-refractivity contribution < 1.29 is 0 Å². The molecule has 2 aliphatic rings. The van der Waals surface area contributed by atoms with Gasteiger partial charge in [-0.3, -0.25) is 0 Å². The first-order valence-electron chi connectivity index (χ1n) is 7.99. The predicted octanol–water partition coefficient (Wildman–Crippen LogP) is 4.47. The molecule has 0 bridgehead atoms. The fourth-order valence-corrected chi connectivity index (χ4v) is 4.81. The van der Waals surface area contributed by atoms with E-state index in [1.165, 1.54) is 51.4 Å². The van der Waals surface area contributed by atoms with E-state index >= 15 is 0 Å². The van der Waals surface area contributed by atoms with Crippen LogP contribution in [0.15, 0.2) is 0 Å². The van der Waals surface area contributed by atoms with Crippen molar-refractivity contribution in [1.82, 2.24) is 5.32 Å². The summed E-state index contributed by atoms with van der Waals surface area (Å²) in [6, 6.07) is 1.62. The molecule has 0 spiro atoms. The van der Waals surface area contributed by atoms with Gasteiger partial charge in [0.2, 0.25) is 0 Å². The molecule has 18 heavy (non-hydrogen) atoms. The van der Waals surface area contributed by atoms with E-state index in [1.54, 1.807) is 0 Å². The molecule has 4 atom stereocenters. The van der Waals surface area contributed by atoms with E-state index < -0.39 is 0 Å². The number of rotatable bonds is 4. The standard InChI is InChI=1S/C16H31NS/c1-12(2)13-6-4-7-14(11-10-13)17-15-8-5-9-16(15)18-3/h12-17H,4-11H2,1-3H3. The van der Waals surface area contributed by atoms with E-state index in [0.717, 1.165) is 29.2 Å². The van der Waals surface area contributed by atoms with Crippen LogP contribution in [-0.4, -0.2) is 23.6 Å². The van der Waals surface area contributed by atoms with Gasteiger partial charge in [0.05, 0.1) is 0 Å². The Labute approximate surface area is 118 Å².